The van der Waals surface area contributed by atoms with Crippen LogP contribution in [0.2, 0.25) is 0 Å². The molecule has 0 spiro atoms. The van der Waals surface area contributed by atoms with Crippen LogP contribution in [0.15, 0.2) is 18.2 Å². The number of phenols is 1. The molecule has 1 fully saturated rings. The summed E-state index contributed by atoms with van der Waals surface area (Å²) in [6, 6.07) is 5.82. The molecule has 0 aromatic heterocycles. The number of hydrogen-bond donors (Lipinski definition) is 1. The van der Waals surface area contributed by atoms with Crippen LogP contribution < -0.4 is 4.74 Å². The van der Waals surface area contributed by atoms with Crippen LogP contribution in [0.5, 0.6) is 11.5 Å². The minimum Gasteiger partial charge on any atom is -0.504 e. The Balaban J connectivity index is 2.17. The van der Waals surface area contributed by atoms with Crippen molar-refractivity contribution >= 4 is 0 Å². The Morgan fingerprint density at radius 1 is 1.42 bits per heavy atom. The maximum Gasteiger partial charge on any atom is 0.160 e. The van der Waals surface area contributed by atoms with Gasteiger partial charge in [-0.15, -0.1) is 0 Å². The van der Waals surface area contributed by atoms with Crippen molar-refractivity contribution < 1.29 is 14.6 Å². The summed E-state index contributed by atoms with van der Waals surface area (Å²) in [6.45, 7) is 8.98. The highest BCUT2D eigenvalue weighted by atomic mass is 16.5. The predicted molar refractivity (Wildman–Crippen MR) is 74.7 cm³/mol. The van der Waals surface area contributed by atoms with Crippen LogP contribution >= 0.6 is 0 Å². The second-order valence-electron chi connectivity index (χ2n) is 5.69. The molecule has 0 bridgehead atoms. The lowest BCUT2D eigenvalue weighted by molar-refractivity contribution is -0.0959. The fraction of sp³-hybridized carbons (Fsp3) is 0.600. The second-order valence-corrected chi connectivity index (χ2v) is 5.69. The van der Waals surface area contributed by atoms with Gasteiger partial charge >= 0.3 is 0 Å². The molecule has 2 rings (SSSR count). The van der Waals surface area contributed by atoms with Crippen LogP contribution in [0.1, 0.15) is 32.4 Å². The Hall–Kier alpha value is -1.26. The van der Waals surface area contributed by atoms with Crippen LogP contribution in [-0.4, -0.2) is 42.4 Å². The molecule has 0 aliphatic carbocycles. The third-order valence-electron chi connectivity index (χ3n) is 3.69. The molecule has 1 N–H and O–H groups in total. The number of nitrogens with zero attached hydrogens (tertiary/aromatic N) is 1. The molecule has 106 valence electrons. The summed E-state index contributed by atoms with van der Waals surface area (Å²) in [5.74, 6) is 0.706. The van der Waals surface area contributed by atoms with Crippen molar-refractivity contribution in [1.29, 1.82) is 0 Å². The molecular formula is C15H23NO3. The average molecular weight is 265 g/mol. The first kappa shape index (κ1) is 14.2. The molecular weight excluding hydrogens is 242 g/mol. The molecule has 4 heteroatoms. The maximum atomic E-state index is 9.65. The van der Waals surface area contributed by atoms with E-state index in [2.05, 4.69) is 25.7 Å². The molecule has 4 nitrogen and oxygen atoms in total. The summed E-state index contributed by atoms with van der Waals surface area (Å²) in [4.78, 5) is 2.40. The zero-order valence-corrected chi connectivity index (χ0v) is 12.1. The number of morpholine rings is 1. The summed E-state index contributed by atoms with van der Waals surface area (Å²) in [5.41, 5.74) is 1.04. The Morgan fingerprint density at radius 3 is 2.79 bits per heavy atom. The van der Waals surface area contributed by atoms with E-state index in [-0.39, 0.29) is 17.4 Å². The lowest BCUT2D eigenvalue weighted by Crippen LogP contribution is -2.48. The van der Waals surface area contributed by atoms with Crippen LogP contribution in [0.25, 0.3) is 0 Å². The fourth-order valence-electron chi connectivity index (χ4n) is 2.55. The second kappa shape index (κ2) is 5.39. The van der Waals surface area contributed by atoms with Crippen molar-refractivity contribution in [3.8, 4) is 11.5 Å². The first-order valence-electron chi connectivity index (χ1n) is 6.68. The van der Waals surface area contributed by atoms with E-state index >= 15 is 0 Å². The van der Waals surface area contributed by atoms with Gasteiger partial charge in [0.1, 0.15) is 0 Å². The van der Waals surface area contributed by atoms with E-state index in [9.17, 15) is 5.11 Å². The van der Waals surface area contributed by atoms with Gasteiger partial charge in [-0.1, -0.05) is 6.07 Å². The molecule has 1 aromatic carbocycles. The molecule has 1 unspecified atom stereocenters. The highest BCUT2D eigenvalue weighted by molar-refractivity contribution is 5.42. The first-order valence-corrected chi connectivity index (χ1v) is 6.68. The molecule has 1 aliphatic heterocycles. The molecule has 1 saturated heterocycles. The van der Waals surface area contributed by atoms with E-state index in [0.717, 1.165) is 25.3 Å². The molecule has 0 radical (unpaired) electrons. The predicted octanol–water partition coefficient (Wildman–Crippen LogP) is 2.57. The van der Waals surface area contributed by atoms with Gasteiger partial charge in [0.05, 0.1) is 19.3 Å². The highest BCUT2D eigenvalue weighted by Gasteiger charge is 2.30. The summed E-state index contributed by atoms with van der Waals surface area (Å²) >= 11 is 0. The van der Waals surface area contributed by atoms with E-state index in [1.807, 2.05) is 12.1 Å². The Bertz CT molecular complexity index is 445. The molecule has 1 heterocycles. The van der Waals surface area contributed by atoms with E-state index in [1.165, 1.54) is 0 Å². The van der Waals surface area contributed by atoms with E-state index in [4.69, 9.17) is 9.47 Å². The van der Waals surface area contributed by atoms with Gasteiger partial charge < -0.3 is 14.6 Å². The van der Waals surface area contributed by atoms with Gasteiger partial charge in [-0.2, -0.15) is 0 Å². The molecule has 0 amide bonds. The van der Waals surface area contributed by atoms with Gasteiger partial charge in [-0.05, 0) is 38.5 Å². The zero-order chi connectivity index (χ0) is 14.0. The van der Waals surface area contributed by atoms with Crippen molar-refractivity contribution in [2.45, 2.75) is 32.4 Å². The fourth-order valence-corrected chi connectivity index (χ4v) is 2.55. The summed E-state index contributed by atoms with van der Waals surface area (Å²) in [5, 5.41) is 9.65. The van der Waals surface area contributed by atoms with Gasteiger partial charge in [0.25, 0.3) is 0 Å². The van der Waals surface area contributed by atoms with Crippen molar-refractivity contribution in [1.82, 2.24) is 4.90 Å². The number of aromatic hydroxyl groups is 1. The van der Waals surface area contributed by atoms with Crippen LogP contribution in [0.4, 0.5) is 0 Å². The van der Waals surface area contributed by atoms with Gasteiger partial charge in [-0.25, -0.2) is 0 Å². The SMILES string of the molecule is COc1cc(C(C)N2CCOC(C)(C)C2)ccc1O. The number of benzene rings is 1. The standard InChI is InChI=1S/C15H23NO3/c1-11(16-7-8-19-15(2,3)10-16)12-5-6-13(17)14(9-12)18-4/h5-6,9,11,17H,7-8,10H2,1-4H3. The minimum atomic E-state index is -0.104. The number of methoxy groups -OCH3 is 1. The highest BCUT2D eigenvalue weighted by Crippen LogP contribution is 2.32. The monoisotopic (exact) mass is 265 g/mol. The van der Waals surface area contributed by atoms with Gasteiger partial charge in [-0.3, -0.25) is 4.90 Å². The Kier molecular flexibility index (Phi) is 4.02. The van der Waals surface area contributed by atoms with Crippen LogP contribution in [0.3, 0.4) is 0 Å². The van der Waals surface area contributed by atoms with E-state index in [0.29, 0.717) is 5.75 Å². The van der Waals surface area contributed by atoms with Crippen molar-refractivity contribution in [2.75, 3.05) is 26.8 Å². The van der Waals surface area contributed by atoms with Crippen molar-refractivity contribution in [2.24, 2.45) is 0 Å². The topological polar surface area (TPSA) is 41.9 Å². The lowest BCUT2D eigenvalue weighted by Gasteiger charge is -2.41. The van der Waals surface area contributed by atoms with Crippen molar-refractivity contribution in [3.63, 3.8) is 0 Å². The molecule has 1 atom stereocenters. The lowest BCUT2D eigenvalue weighted by atomic mass is 10.0. The van der Waals surface area contributed by atoms with Crippen molar-refractivity contribution in [3.05, 3.63) is 23.8 Å². The van der Waals surface area contributed by atoms with Gasteiger partial charge in [0, 0.05) is 19.1 Å². The third-order valence-corrected chi connectivity index (χ3v) is 3.69. The first-order chi connectivity index (χ1) is 8.93. The summed E-state index contributed by atoms with van der Waals surface area (Å²) in [7, 11) is 1.57. The smallest absolute Gasteiger partial charge is 0.160 e. The number of hydrogen-bond acceptors (Lipinski definition) is 4. The molecule has 1 aliphatic rings. The molecule has 1 aromatic rings. The summed E-state index contributed by atoms with van der Waals surface area (Å²) in [6.07, 6.45) is 0. The van der Waals surface area contributed by atoms with E-state index in [1.54, 1.807) is 13.2 Å². The average Bonchev–Trinajstić information content (AvgIpc) is 2.37. The maximum absolute atomic E-state index is 9.65. The summed E-state index contributed by atoms with van der Waals surface area (Å²) < 4.78 is 10.9. The third kappa shape index (κ3) is 3.19. The number of rotatable bonds is 3. The van der Waals surface area contributed by atoms with Gasteiger partial charge in [0.15, 0.2) is 11.5 Å². The Morgan fingerprint density at radius 2 is 2.16 bits per heavy atom. The van der Waals surface area contributed by atoms with Crippen LogP contribution in [0, 0.1) is 0 Å². The normalized spacial score (nSPS) is 21.1. The quantitative estimate of drug-likeness (QED) is 0.912. The number of phenolic OH excluding ortho intramolecular Hbond substituents is 1. The minimum absolute atomic E-state index is 0.104. The van der Waals surface area contributed by atoms with Crippen LogP contribution in [-0.2, 0) is 4.74 Å². The van der Waals surface area contributed by atoms with Gasteiger partial charge in [0.2, 0.25) is 0 Å². The molecule has 0 saturated carbocycles. The van der Waals surface area contributed by atoms with E-state index < -0.39 is 0 Å². The Labute approximate surface area is 114 Å². The number of ether oxygens (including phenoxy) is 2. The zero-order valence-electron chi connectivity index (χ0n) is 12.1. The largest absolute Gasteiger partial charge is 0.504 e. The molecule has 19 heavy (non-hydrogen) atoms.